The molecule has 0 aromatic carbocycles. The number of halogens is 1. The standard InChI is InChI=1S/C12H20ClN3/c1-4-12(5-2,8-13)9-16-11-10(3)14-6-7-15-11/h6-7H,4-5,8-9H2,1-3H3,(H,15,16). The van der Waals surface area contributed by atoms with Gasteiger partial charge >= 0.3 is 0 Å². The molecule has 90 valence electrons. The van der Waals surface area contributed by atoms with Crippen LogP contribution < -0.4 is 5.32 Å². The van der Waals surface area contributed by atoms with E-state index in [1.807, 2.05) is 6.92 Å². The largest absolute Gasteiger partial charge is 0.368 e. The van der Waals surface area contributed by atoms with Crippen LogP contribution in [0, 0.1) is 12.3 Å². The topological polar surface area (TPSA) is 37.8 Å². The molecule has 1 aromatic heterocycles. The van der Waals surface area contributed by atoms with E-state index in [1.54, 1.807) is 12.4 Å². The maximum Gasteiger partial charge on any atom is 0.147 e. The van der Waals surface area contributed by atoms with Crippen molar-refractivity contribution >= 4 is 17.4 Å². The van der Waals surface area contributed by atoms with Crippen molar-refractivity contribution in [1.82, 2.24) is 9.97 Å². The molecule has 1 rings (SSSR count). The van der Waals surface area contributed by atoms with Crippen molar-refractivity contribution in [2.45, 2.75) is 33.6 Å². The van der Waals surface area contributed by atoms with Crippen LogP contribution in [0.5, 0.6) is 0 Å². The van der Waals surface area contributed by atoms with E-state index < -0.39 is 0 Å². The highest BCUT2D eigenvalue weighted by atomic mass is 35.5. The highest BCUT2D eigenvalue weighted by molar-refractivity contribution is 6.18. The quantitative estimate of drug-likeness (QED) is 0.777. The number of anilines is 1. The van der Waals surface area contributed by atoms with Gasteiger partial charge in [0.05, 0.1) is 5.69 Å². The fraction of sp³-hybridized carbons (Fsp3) is 0.667. The molecule has 1 heterocycles. The smallest absolute Gasteiger partial charge is 0.147 e. The minimum absolute atomic E-state index is 0.158. The Bertz CT molecular complexity index is 316. The van der Waals surface area contributed by atoms with Gasteiger partial charge in [-0.1, -0.05) is 13.8 Å². The van der Waals surface area contributed by atoms with Gasteiger partial charge in [0.1, 0.15) is 5.82 Å². The fourth-order valence-corrected chi connectivity index (χ4v) is 2.06. The summed E-state index contributed by atoms with van der Waals surface area (Å²) in [6, 6.07) is 0. The molecule has 1 aromatic rings. The minimum atomic E-state index is 0.158. The van der Waals surface area contributed by atoms with Crippen LogP contribution in [-0.2, 0) is 0 Å². The zero-order chi connectivity index (χ0) is 12.0. The third-order valence-corrected chi connectivity index (χ3v) is 3.86. The third-order valence-electron chi connectivity index (χ3n) is 3.30. The molecule has 16 heavy (non-hydrogen) atoms. The Morgan fingerprint density at radius 1 is 1.25 bits per heavy atom. The van der Waals surface area contributed by atoms with Crippen molar-refractivity contribution in [3.05, 3.63) is 18.1 Å². The lowest BCUT2D eigenvalue weighted by molar-refractivity contribution is 0.326. The summed E-state index contributed by atoms with van der Waals surface area (Å²) in [5.41, 5.74) is 1.09. The van der Waals surface area contributed by atoms with Crippen LogP contribution in [0.1, 0.15) is 32.4 Å². The van der Waals surface area contributed by atoms with Crippen molar-refractivity contribution in [1.29, 1.82) is 0 Å². The first kappa shape index (κ1) is 13.2. The van der Waals surface area contributed by atoms with Crippen LogP contribution in [0.15, 0.2) is 12.4 Å². The maximum atomic E-state index is 6.05. The lowest BCUT2D eigenvalue weighted by Crippen LogP contribution is -2.30. The molecular formula is C12H20ClN3. The summed E-state index contributed by atoms with van der Waals surface area (Å²) in [7, 11) is 0. The molecule has 0 unspecified atom stereocenters. The van der Waals surface area contributed by atoms with E-state index >= 15 is 0 Å². The van der Waals surface area contributed by atoms with E-state index in [2.05, 4.69) is 29.1 Å². The Labute approximate surface area is 103 Å². The molecule has 3 nitrogen and oxygen atoms in total. The second kappa shape index (κ2) is 6.04. The molecule has 0 atom stereocenters. The highest BCUT2D eigenvalue weighted by Crippen LogP contribution is 2.28. The highest BCUT2D eigenvalue weighted by Gasteiger charge is 2.25. The zero-order valence-corrected chi connectivity index (χ0v) is 11.0. The lowest BCUT2D eigenvalue weighted by atomic mass is 9.84. The van der Waals surface area contributed by atoms with Gasteiger partial charge in [-0.25, -0.2) is 4.98 Å². The van der Waals surface area contributed by atoms with Gasteiger partial charge < -0.3 is 5.32 Å². The number of rotatable bonds is 6. The van der Waals surface area contributed by atoms with E-state index in [1.165, 1.54) is 0 Å². The molecule has 0 saturated heterocycles. The molecule has 0 aliphatic heterocycles. The van der Waals surface area contributed by atoms with Gasteiger partial charge in [0.15, 0.2) is 0 Å². The maximum absolute atomic E-state index is 6.05. The molecular weight excluding hydrogens is 222 g/mol. The van der Waals surface area contributed by atoms with Gasteiger partial charge in [0, 0.05) is 30.2 Å². The first-order valence-electron chi connectivity index (χ1n) is 5.75. The van der Waals surface area contributed by atoms with Gasteiger partial charge in [0.25, 0.3) is 0 Å². The molecule has 1 N–H and O–H groups in total. The first-order valence-corrected chi connectivity index (χ1v) is 6.28. The molecule has 0 bridgehead atoms. The average Bonchev–Trinajstić information content (AvgIpc) is 2.34. The molecule has 0 aliphatic rings. The Morgan fingerprint density at radius 2 is 1.88 bits per heavy atom. The zero-order valence-electron chi connectivity index (χ0n) is 10.3. The van der Waals surface area contributed by atoms with Crippen LogP contribution in [0.2, 0.25) is 0 Å². The van der Waals surface area contributed by atoms with E-state index in [4.69, 9.17) is 11.6 Å². The summed E-state index contributed by atoms with van der Waals surface area (Å²) < 4.78 is 0. The van der Waals surface area contributed by atoms with Crippen LogP contribution >= 0.6 is 11.6 Å². The second-order valence-corrected chi connectivity index (χ2v) is 4.45. The predicted molar refractivity (Wildman–Crippen MR) is 69.0 cm³/mol. The van der Waals surface area contributed by atoms with Crippen molar-refractivity contribution < 1.29 is 0 Å². The molecule has 0 spiro atoms. The first-order chi connectivity index (χ1) is 7.67. The van der Waals surface area contributed by atoms with Gasteiger partial charge in [-0.2, -0.15) is 0 Å². The summed E-state index contributed by atoms with van der Waals surface area (Å²) in [6.45, 7) is 7.16. The second-order valence-electron chi connectivity index (χ2n) is 4.18. The van der Waals surface area contributed by atoms with E-state index in [9.17, 15) is 0 Å². The Balaban J connectivity index is 2.66. The Kier molecular flexibility index (Phi) is 5.00. The molecule has 0 amide bonds. The fourth-order valence-electron chi connectivity index (χ4n) is 1.59. The SMILES string of the molecule is CCC(CC)(CCl)CNc1nccnc1C. The van der Waals surface area contributed by atoms with Gasteiger partial charge in [-0.05, 0) is 19.8 Å². The summed E-state index contributed by atoms with van der Waals surface area (Å²) in [4.78, 5) is 8.47. The van der Waals surface area contributed by atoms with Crippen LogP contribution in [-0.4, -0.2) is 22.4 Å². The lowest BCUT2D eigenvalue weighted by Gasteiger charge is -2.29. The molecule has 0 saturated carbocycles. The van der Waals surface area contributed by atoms with Crippen LogP contribution in [0.3, 0.4) is 0 Å². The predicted octanol–water partition coefficient (Wildman–Crippen LogP) is 3.24. The molecule has 4 heteroatoms. The van der Waals surface area contributed by atoms with Crippen molar-refractivity contribution in [3.63, 3.8) is 0 Å². The minimum Gasteiger partial charge on any atom is -0.368 e. The monoisotopic (exact) mass is 241 g/mol. The van der Waals surface area contributed by atoms with Crippen LogP contribution in [0.25, 0.3) is 0 Å². The summed E-state index contributed by atoms with van der Waals surface area (Å²) in [5, 5.41) is 3.35. The number of aromatic nitrogens is 2. The number of nitrogens with zero attached hydrogens (tertiary/aromatic N) is 2. The number of alkyl halides is 1. The Morgan fingerprint density at radius 3 is 2.38 bits per heavy atom. The number of nitrogens with one attached hydrogen (secondary N) is 1. The molecule has 0 fully saturated rings. The van der Waals surface area contributed by atoms with Gasteiger partial charge in [-0.15, -0.1) is 11.6 Å². The van der Waals surface area contributed by atoms with Crippen molar-refractivity contribution in [2.75, 3.05) is 17.7 Å². The molecule has 0 radical (unpaired) electrons. The van der Waals surface area contributed by atoms with Crippen LogP contribution in [0.4, 0.5) is 5.82 Å². The normalized spacial score (nSPS) is 11.5. The summed E-state index contributed by atoms with van der Waals surface area (Å²) in [5.74, 6) is 1.53. The van der Waals surface area contributed by atoms with Gasteiger partial charge in [0.2, 0.25) is 0 Å². The average molecular weight is 242 g/mol. The summed E-state index contributed by atoms with van der Waals surface area (Å²) >= 11 is 6.05. The number of aryl methyl sites for hydroxylation is 1. The number of hydrogen-bond donors (Lipinski definition) is 1. The van der Waals surface area contributed by atoms with E-state index in [0.717, 1.165) is 30.9 Å². The Hall–Kier alpha value is -0.830. The van der Waals surface area contributed by atoms with E-state index in [-0.39, 0.29) is 5.41 Å². The van der Waals surface area contributed by atoms with E-state index in [0.29, 0.717) is 5.88 Å². The van der Waals surface area contributed by atoms with Crippen molar-refractivity contribution in [2.24, 2.45) is 5.41 Å². The number of hydrogen-bond acceptors (Lipinski definition) is 3. The summed E-state index contributed by atoms with van der Waals surface area (Å²) in [6.07, 6.45) is 5.54. The molecule has 0 aliphatic carbocycles. The third kappa shape index (κ3) is 3.08. The van der Waals surface area contributed by atoms with Crippen molar-refractivity contribution in [3.8, 4) is 0 Å². The van der Waals surface area contributed by atoms with Gasteiger partial charge in [-0.3, -0.25) is 4.98 Å².